The van der Waals surface area contributed by atoms with Gasteiger partial charge in [-0.25, -0.2) is 0 Å². The molecular weight excluding hydrogens is 252 g/mol. The van der Waals surface area contributed by atoms with Gasteiger partial charge in [0.2, 0.25) is 5.91 Å². The third kappa shape index (κ3) is 2.37. The predicted octanol–water partition coefficient (Wildman–Crippen LogP) is 1.34. The van der Waals surface area contributed by atoms with Gasteiger partial charge in [-0.3, -0.25) is 4.79 Å². The number of likely N-dealkylation sites (tertiary alicyclic amines) is 2. The molecule has 2 heterocycles. The number of carbonyl (C=O) groups excluding carboxylic acids is 1. The van der Waals surface area contributed by atoms with Crippen LogP contribution in [0.25, 0.3) is 0 Å². The Kier molecular flexibility index (Phi) is 3.57. The molecular formula is C16H28N2O2. The summed E-state index contributed by atoms with van der Waals surface area (Å²) in [5.41, 5.74) is 0.246. The number of carbonyl (C=O) groups is 1. The lowest BCUT2D eigenvalue weighted by atomic mass is 9.64. The molecule has 0 aromatic heterocycles. The lowest BCUT2D eigenvalue weighted by Crippen LogP contribution is -2.54. The van der Waals surface area contributed by atoms with Crippen LogP contribution in [0.4, 0.5) is 0 Å². The van der Waals surface area contributed by atoms with E-state index in [-0.39, 0.29) is 17.4 Å². The van der Waals surface area contributed by atoms with Crippen molar-refractivity contribution in [3.05, 3.63) is 0 Å². The minimum Gasteiger partial charge on any atom is -0.396 e. The van der Waals surface area contributed by atoms with Crippen molar-refractivity contribution in [2.45, 2.75) is 39.0 Å². The van der Waals surface area contributed by atoms with Gasteiger partial charge < -0.3 is 14.9 Å². The van der Waals surface area contributed by atoms with E-state index in [9.17, 15) is 9.90 Å². The molecule has 3 rings (SSSR count). The molecule has 4 nitrogen and oxygen atoms in total. The van der Waals surface area contributed by atoms with Crippen molar-refractivity contribution in [3.8, 4) is 0 Å². The minimum absolute atomic E-state index is 0.0341. The van der Waals surface area contributed by atoms with E-state index in [0.29, 0.717) is 11.8 Å². The number of rotatable bonds is 2. The Morgan fingerprint density at radius 2 is 1.75 bits per heavy atom. The number of hydrogen-bond acceptors (Lipinski definition) is 3. The van der Waals surface area contributed by atoms with E-state index < -0.39 is 0 Å². The zero-order valence-electron chi connectivity index (χ0n) is 12.9. The molecule has 1 aliphatic carbocycles. The normalized spacial score (nSPS) is 32.4. The second kappa shape index (κ2) is 4.99. The SMILES string of the molecule is CN1CCC2(CCN(C(=O)C3(C)CC3)CC2)[C@H](CO)C1. The summed E-state index contributed by atoms with van der Waals surface area (Å²) >= 11 is 0. The molecule has 3 aliphatic rings. The quantitative estimate of drug-likeness (QED) is 0.830. The highest BCUT2D eigenvalue weighted by Gasteiger charge is 2.50. The maximum atomic E-state index is 12.4. The van der Waals surface area contributed by atoms with Crippen LogP contribution in [-0.2, 0) is 4.79 Å². The predicted molar refractivity (Wildman–Crippen MR) is 78.3 cm³/mol. The van der Waals surface area contributed by atoms with Crippen LogP contribution in [-0.4, -0.2) is 60.6 Å². The van der Waals surface area contributed by atoms with E-state index in [1.165, 1.54) is 6.42 Å². The van der Waals surface area contributed by atoms with E-state index in [1.54, 1.807) is 0 Å². The summed E-state index contributed by atoms with van der Waals surface area (Å²) in [4.78, 5) is 16.8. The fraction of sp³-hybridized carbons (Fsp3) is 0.938. The Bertz CT molecular complexity index is 384. The first-order chi connectivity index (χ1) is 9.49. The molecule has 1 saturated carbocycles. The lowest BCUT2D eigenvalue weighted by Gasteiger charge is -2.51. The number of piperidine rings is 2. The number of aliphatic hydroxyl groups is 1. The summed E-state index contributed by atoms with van der Waals surface area (Å²) < 4.78 is 0. The van der Waals surface area contributed by atoms with E-state index >= 15 is 0 Å². The topological polar surface area (TPSA) is 43.8 Å². The molecule has 1 atom stereocenters. The molecule has 2 saturated heterocycles. The van der Waals surface area contributed by atoms with Gasteiger partial charge in [-0.05, 0) is 51.1 Å². The number of hydrogen-bond donors (Lipinski definition) is 1. The Morgan fingerprint density at radius 1 is 1.15 bits per heavy atom. The first kappa shape index (κ1) is 14.3. The summed E-state index contributed by atoms with van der Waals surface area (Å²) in [6.45, 7) is 6.31. The van der Waals surface area contributed by atoms with Crippen LogP contribution in [0.2, 0.25) is 0 Å². The molecule has 1 N–H and O–H groups in total. The zero-order chi connectivity index (χ0) is 14.4. The summed E-state index contributed by atoms with van der Waals surface area (Å²) in [7, 11) is 2.14. The van der Waals surface area contributed by atoms with Crippen molar-refractivity contribution in [1.82, 2.24) is 9.80 Å². The van der Waals surface area contributed by atoms with Crippen LogP contribution in [0.5, 0.6) is 0 Å². The smallest absolute Gasteiger partial charge is 0.228 e. The van der Waals surface area contributed by atoms with Crippen molar-refractivity contribution < 1.29 is 9.90 Å². The minimum atomic E-state index is -0.0341. The van der Waals surface area contributed by atoms with Gasteiger partial charge in [0.05, 0.1) is 0 Å². The standard InChI is InChI=1S/C16H28N2O2/c1-15(3-4-15)14(20)18-9-6-16(7-10-18)5-8-17(2)11-13(16)12-19/h13,19H,3-12H2,1-2H3/t13-/m0/s1. The maximum Gasteiger partial charge on any atom is 0.228 e. The van der Waals surface area contributed by atoms with Crippen LogP contribution in [0.3, 0.4) is 0 Å². The van der Waals surface area contributed by atoms with Gasteiger partial charge in [-0.2, -0.15) is 0 Å². The zero-order valence-corrected chi connectivity index (χ0v) is 12.9. The van der Waals surface area contributed by atoms with Gasteiger partial charge in [0.25, 0.3) is 0 Å². The molecule has 0 aromatic rings. The van der Waals surface area contributed by atoms with Gasteiger partial charge in [0.15, 0.2) is 0 Å². The summed E-state index contributed by atoms with van der Waals surface area (Å²) in [5.74, 6) is 0.760. The molecule has 2 aliphatic heterocycles. The fourth-order valence-electron chi connectivity index (χ4n) is 4.13. The Balaban J connectivity index is 1.63. The number of amides is 1. The highest BCUT2D eigenvalue weighted by molar-refractivity contribution is 5.85. The van der Waals surface area contributed by atoms with Gasteiger partial charge in [0.1, 0.15) is 0 Å². The summed E-state index contributed by atoms with van der Waals surface area (Å²) in [6, 6.07) is 0. The van der Waals surface area contributed by atoms with E-state index in [4.69, 9.17) is 0 Å². The molecule has 3 fully saturated rings. The Morgan fingerprint density at radius 3 is 2.30 bits per heavy atom. The van der Waals surface area contributed by atoms with Gasteiger partial charge >= 0.3 is 0 Å². The van der Waals surface area contributed by atoms with Crippen LogP contribution >= 0.6 is 0 Å². The van der Waals surface area contributed by atoms with Gasteiger partial charge in [0, 0.05) is 37.6 Å². The average molecular weight is 280 g/mol. The number of aliphatic hydroxyl groups excluding tert-OH is 1. The second-order valence-corrected chi connectivity index (χ2v) is 7.61. The third-order valence-corrected chi connectivity index (χ3v) is 6.17. The summed E-state index contributed by atoms with van der Waals surface area (Å²) in [5, 5.41) is 9.73. The third-order valence-electron chi connectivity index (χ3n) is 6.17. The molecule has 1 spiro atoms. The number of nitrogens with zero attached hydrogens (tertiary/aromatic N) is 2. The van der Waals surface area contributed by atoms with Crippen molar-refractivity contribution in [3.63, 3.8) is 0 Å². The van der Waals surface area contributed by atoms with Gasteiger partial charge in [-0.15, -0.1) is 0 Å². The Labute approximate surface area is 122 Å². The van der Waals surface area contributed by atoms with Crippen LogP contribution in [0, 0.1) is 16.7 Å². The lowest BCUT2D eigenvalue weighted by molar-refractivity contribution is -0.140. The van der Waals surface area contributed by atoms with Crippen molar-refractivity contribution in [1.29, 1.82) is 0 Å². The molecule has 20 heavy (non-hydrogen) atoms. The van der Waals surface area contributed by atoms with E-state index in [2.05, 4.69) is 23.8 Å². The van der Waals surface area contributed by atoms with E-state index in [0.717, 1.165) is 51.9 Å². The molecule has 0 aromatic carbocycles. The summed E-state index contributed by atoms with van der Waals surface area (Å²) in [6.07, 6.45) is 5.46. The molecule has 1 amide bonds. The maximum absolute atomic E-state index is 12.4. The van der Waals surface area contributed by atoms with Crippen LogP contribution in [0.1, 0.15) is 39.0 Å². The van der Waals surface area contributed by atoms with Crippen molar-refractivity contribution in [2.24, 2.45) is 16.7 Å². The molecule has 4 heteroatoms. The molecule has 0 radical (unpaired) electrons. The van der Waals surface area contributed by atoms with Crippen molar-refractivity contribution >= 4 is 5.91 Å². The molecule has 0 bridgehead atoms. The first-order valence-electron chi connectivity index (χ1n) is 8.08. The van der Waals surface area contributed by atoms with E-state index in [1.807, 2.05) is 0 Å². The monoisotopic (exact) mass is 280 g/mol. The first-order valence-corrected chi connectivity index (χ1v) is 8.08. The largest absolute Gasteiger partial charge is 0.396 e. The van der Waals surface area contributed by atoms with Crippen LogP contribution in [0.15, 0.2) is 0 Å². The van der Waals surface area contributed by atoms with Crippen molar-refractivity contribution in [2.75, 3.05) is 39.8 Å². The Hall–Kier alpha value is -0.610. The molecule has 0 unspecified atom stereocenters. The fourth-order valence-corrected chi connectivity index (χ4v) is 4.13. The van der Waals surface area contributed by atoms with Crippen LogP contribution < -0.4 is 0 Å². The average Bonchev–Trinajstić information content (AvgIpc) is 3.21. The molecule has 114 valence electrons. The highest BCUT2D eigenvalue weighted by atomic mass is 16.3. The van der Waals surface area contributed by atoms with Gasteiger partial charge in [-0.1, -0.05) is 6.92 Å². The second-order valence-electron chi connectivity index (χ2n) is 7.61. The highest BCUT2D eigenvalue weighted by Crippen LogP contribution is 2.49.